The van der Waals surface area contributed by atoms with E-state index in [1.807, 2.05) is 18.2 Å². The summed E-state index contributed by atoms with van der Waals surface area (Å²) in [6, 6.07) is 7.32. The number of morpholine rings is 1. The molecule has 1 N–H and O–H groups in total. The molecule has 24 heavy (non-hydrogen) atoms. The molecule has 7 heteroatoms. The van der Waals surface area contributed by atoms with Crippen molar-refractivity contribution in [2.75, 3.05) is 46.0 Å². The van der Waals surface area contributed by atoms with Gasteiger partial charge < -0.3 is 14.8 Å². The van der Waals surface area contributed by atoms with Gasteiger partial charge in [-0.15, -0.1) is 0 Å². The van der Waals surface area contributed by atoms with Crippen LogP contribution in [0.4, 0.5) is 0 Å². The van der Waals surface area contributed by atoms with Crippen molar-refractivity contribution in [1.29, 1.82) is 5.26 Å². The van der Waals surface area contributed by atoms with Crippen molar-refractivity contribution in [2.45, 2.75) is 12.8 Å². The molecular formula is C17H22ClN3O3. The fraction of sp³-hybridized carbons (Fsp3) is 0.529. The Labute approximate surface area is 147 Å². The van der Waals surface area contributed by atoms with E-state index in [1.54, 1.807) is 6.07 Å². The van der Waals surface area contributed by atoms with Gasteiger partial charge in [-0.05, 0) is 30.2 Å². The fourth-order valence-corrected chi connectivity index (χ4v) is 2.66. The Balaban J connectivity index is 1.82. The highest BCUT2D eigenvalue weighted by Crippen LogP contribution is 2.23. The number of ether oxygens (including phenoxy) is 2. The van der Waals surface area contributed by atoms with Gasteiger partial charge in [0.05, 0.1) is 19.3 Å². The second kappa shape index (κ2) is 10.1. The van der Waals surface area contributed by atoms with Gasteiger partial charge in [0, 0.05) is 31.2 Å². The molecule has 0 aromatic heterocycles. The van der Waals surface area contributed by atoms with Crippen molar-refractivity contribution in [1.82, 2.24) is 10.2 Å². The van der Waals surface area contributed by atoms with Crippen molar-refractivity contribution in [3.8, 4) is 11.8 Å². The van der Waals surface area contributed by atoms with Crippen LogP contribution < -0.4 is 10.1 Å². The molecule has 6 nitrogen and oxygen atoms in total. The average Bonchev–Trinajstić information content (AvgIpc) is 2.58. The van der Waals surface area contributed by atoms with E-state index in [9.17, 15) is 4.79 Å². The Hall–Kier alpha value is -1.81. The zero-order chi connectivity index (χ0) is 17.2. The summed E-state index contributed by atoms with van der Waals surface area (Å²) in [7, 11) is 0. The van der Waals surface area contributed by atoms with Gasteiger partial charge in [-0.1, -0.05) is 11.6 Å². The molecule has 0 aliphatic carbocycles. The summed E-state index contributed by atoms with van der Waals surface area (Å²) >= 11 is 6.06. The number of carbonyl (C=O) groups excluding carboxylic acids is 1. The average molecular weight is 352 g/mol. The molecule has 0 unspecified atom stereocenters. The van der Waals surface area contributed by atoms with Crippen LogP contribution in [0.1, 0.15) is 12.0 Å². The van der Waals surface area contributed by atoms with E-state index in [4.69, 9.17) is 26.3 Å². The Morgan fingerprint density at radius 3 is 2.96 bits per heavy atom. The molecule has 1 amide bonds. The molecule has 0 radical (unpaired) electrons. The summed E-state index contributed by atoms with van der Waals surface area (Å²) in [4.78, 5) is 13.6. The smallest absolute Gasteiger partial charge is 0.234 e. The third-order valence-corrected chi connectivity index (χ3v) is 3.98. The van der Waals surface area contributed by atoms with E-state index in [0.717, 1.165) is 44.2 Å². The zero-order valence-corrected chi connectivity index (χ0v) is 14.3. The van der Waals surface area contributed by atoms with Crippen molar-refractivity contribution < 1.29 is 14.3 Å². The number of halogens is 1. The Kier molecular flexibility index (Phi) is 7.83. The van der Waals surface area contributed by atoms with Gasteiger partial charge in [-0.3, -0.25) is 9.69 Å². The summed E-state index contributed by atoms with van der Waals surface area (Å²) in [5.74, 6) is 0.511. The quantitative estimate of drug-likeness (QED) is 0.770. The second-order valence-electron chi connectivity index (χ2n) is 5.49. The number of nitrogens with zero attached hydrogens (tertiary/aromatic N) is 2. The number of nitriles is 1. The molecular weight excluding hydrogens is 330 g/mol. The number of rotatable bonds is 8. The van der Waals surface area contributed by atoms with Crippen LogP contribution in [0.15, 0.2) is 18.2 Å². The first-order valence-electron chi connectivity index (χ1n) is 8.04. The summed E-state index contributed by atoms with van der Waals surface area (Å²) in [5, 5.41) is 11.8. The number of nitrogens with one attached hydrogen (secondary N) is 1. The summed E-state index contributed by atoms with van der Waals surface area (Å²) in [5.41, 5.74) is 0.946. The Bertz CT molecular complexity index is 583. The van der Waals surface area contributed by atoms with Gasteiger partial charge in [-0.25, -0.2) is 0 Å². The first-order chi connectivity index (χ1) is 11.7. The predicted molar refractivity (Wildman–Crippen MR) is 91.1 cm³/mol. The van der Waals surface area contributed by atoms with Gasteiger partial charge in [0.2, 0.25) is 5.91 Å². The molecule has 0 bridgehead atoms. The molecule has 1 aliphatic rings. The molecule has 1 fully saturated rings. The van der Waals surface area contributed by atoms with E-state index in [-0.39, 0.29) is 12.3 Å². The highest BCUT2D eigenvalue weighted by atomic mass is 35.5. The molecule has 0 saturated carbocycles. The number of hydrogen-bond acceptors (Lipinski definition) is 5. The summed E-state index contributed by atoms with van der Waals surface area (Å²) in [6.45, 7) is 5.30. The van der Waals surface area contributed by atoms with Gasteiger partial charge >= 0.3 is 0 Å². The van der Waals surface area contributed by atoms with E-state index in [1.165, 1.54) is 0 Å². The molecule has 1 aromatic carbocycles. The van der Waals surface area contributed by atoms with Gasteiger partial charge in [0.25, 0.3) is 0 Å². The van der Waals surface area contributed by atoms with Crippen LogP contribution in [0, 0.1) is 11.3 Å². The van der Waals surface area contributed by atoms with Gasteiger partial charge in [0.15, 0.2) is 0 Å². The maximum Gasteiger partial charge on any atom is 0.234 e. The Morgan fingerprint density at radius 2 is 2.21 bits per heavy atom. The normalized spacial score (nSPS) is 14.8. The predicted octanol–water partition coefficient (Wildman–Crippen LogP) is 1.62. The maximum atomic E-state index is 11.3. The number of carbonyl (C=O) groups is 1. The number of benzene rings is 1. The number of hydrogen-bond donors (Lipinski definition) is 1. The van der Waals surface area contributed by atoms with Gasteiger partial charge in [0.1, 0.15) is 18.8 Å². The van der Waals surface area contributed by atoms with Crippen LogP contribution in [0.3, 0.4) is 0 Å². The molecule has 130 valence electrons. The lowest BCUT2D eigenvalue weighted by Gasteiger charge is -2.26. The minimum absolute atomic E-state index is 0.127. The van der Waals surface area contributed by atoms with Crippen molar-refractivity contribution in [2.24, 2.45) is 0 Å². The molecule has 1 heterocycles. The third kappa shape index (κ3) is 6.36. The van der Waals surface area contributed by atoms with Crippen LogP contribution in [-0.4, -0.2) is 56.8 Å². The third-order valence-electron chi connectivity index (χ3n) is 3.75. The lowest BCUT2D eigenvalue weighted by atomic mass is 10.1. The molecule has 0 spiro atoms. The van der Waals surface area contributed by atoms with Crippen LogP contribution in [0.5, 0.6) is 5.75 Å². The SMILES string of the molecule is N#CCC(=O)NCCc1cc(Cl)ccc1OCCN1CCOCC1. The maximum absolute atomic E-state index is 11.3. The topological polar surface area (TPSA) is 74.6 Å². The molecule has 2 rings (SSSR count). The van der Waals surface area contributed by atoms with E-state index in [0.29, 0.717) is 24.6 Å². The summed E-state index contributed by atoms with van der Waals surface area (Å²) in [6.07, 6.45) is 0.475. The molecule has 1 saturated heterocycles. The standard InChI is InChI=1S/C17H22ClN3O3/c18-15-1-2-16(24-12-9-21-7-10-23-11-8-21)14(13-15)4-6-20-17(22)3-5-19/h1-2,13H,3-4,6-12H2,(H,20,22). The van der Waals surface area contributed by atoms with Crippen LogP contribution in [0.2, 0.25) is 5.02 Å². The second-order valence-corrected chi connectivity index (χ2v) is 5.93. The lowest BCUT2D eigenvalue weighted by Crippen LogP contribution is -2.38. The van der Waals surface area contributed by atoms with Crippen LogP contribution in [-0.2, 0) is 16.0 Å². The zero-order valence-electron chi connectivity index (χ0n) is 13.6. The first kappa shape index (κ1) is 18.5. The minimum atomic E-state index is -0.269. The van der Waals surface area contributed by atoms with Crippen LogP contribution in [0.25, 0.3) is 0 Å². The van der Waals surface area contributed by atoms with Crippen molar-refractivity contribution in [3.05, 3.63) is 28.8 Å². The van der Waals surface area contributed by atoms with Crippen LogP contribution >= 0.6 is 11.6 Å². The number of amides is 1. The Morgan fingerprint density at radius 1 is 1.42 bits per heavy atom. The lowest BCUT2D eigenvalue weighted by molar-refractivity contribution is -0.120. The summed E-state index contributed by atoms with van der Waals surface area (Å²) < 4.78 is 11.2. The highest BCUT2D eigenvalue weighted by molar-refractivity contribution is 6.30. The molecule has 1 aromatic rings. The van der Waals surface area contributed by atoms with Crippen molar-refractivity contribution >= 4 is 17.5 Å². The monoisotopic (exact) mass is 351 g/mol. The van der Waals surface area contributed by atoms with E-state index < -0.39 is 0 Å². The first-order valence-corrected chi connectivity index (χ1v) is 8.42. The van der Waals surface area contributed by atoms with Crippen molar-refractivity contribution in [3.63, 3.8) is 0 Å². The highest BCUT2D eigenvalue weighted by Gasteiger charge is 2.11. The fourth-order valence-electron chi connectivity index (χ4n) is 2.46. The van der Waals surface area contributed by atoms with E-state index in [2.05, 4.69) is 10.2 Å². The largest absolute Gasteiger partial charge is 0.492 e. The van der Waals surface area contributed by atoms with E-state index >= 15 is 0 Å². The molecule has 0 atom stereocenters. The minimum Gasteiger partial charge on any atom is -0.492 e. The molecule has 1 aliphatic heterocycles. The van der Waals surface area contributed by atoms with Gasteiger partial charge in [-0.2, -0.15) is 5.26 Å².